The zero-order chi connectivity index (χ0) is 22.5. The predicted octanol–water partition coefficient (Wildman–Crippen LogP) is 3.78. The summed E-state index contributed by atoms with van der Waals surface area (Å²) in [5.41, 5.74) is 2.32. The van der Waals surface area contributed by atoms with Crippen LogP contribution in [-0.4, -0.2) is 33.1 Å². The maximum atomic E-state index is 14.0. The number of rotatable bonds is 5. The zero-order valence-electron chi connectivity index (χ0n) is 16.9. The van der Waals surface area contributed by atoms with Gasteiger partial charge in [0, 0.05) is 37.6 Å². The van der Waals surface area contributed by atoms with Gasteiger partial charge >= 0.3 is 0 Å². The molecule has 0 bridgehead atoms. The van der Waals surface area contributed by atoms with Crippen LogP contribution in [-0.2, 0) is 27.9 Å². The van der Waals surface area contributed by atoms with E-state index in [0.29, 0.717) is 24.0 Å². The van der Waals surface area contributed by atoms with Gasteiger partial charge in [-0.1, -0.05) is 12.1 Å². The molecule has 0 unspecified atom stereocenters. The predicted molar refractivity (Wildman–Crippen MR) is 120 cm³/mol. The lowest BCUT2D eigenvalue weighted by atomic mass is 10.1. The summed E-state index contributed by atoms with van der Waals surface area (Å²) in [7, 11) is -3.81. The number of nitrogens with zero attached hydrogens (tertiary/aromatic N) is 4. The van der Waals surface area contributed by atoms with Crippen LogP contribution in [0.5, 0.6) is 0 Å². The molecule has 166 valence electrons. The Labute approximate surface area is 189 Å². The molecule has 1 amide bonds. The quantitative estimate of drug-likeness (QED) is 0.476. The summed E-state index contributed by atoms with van der Waals surface area (Å²) in [4.78, 5) is 18.8. The fraction of sp³-hybridized carbons (Fsp3) is 0.190. The lowest BCUT2D eigenvalue weighted by Gasteiger charge is -2.22. The molecule has 2 aromatic carbocycles. The molecule has 0 radical (unpaired) electrons. The van der Waals surface area contributed by atoms with Crippen LogP contribution >= 0.6 is 11.5 Å². The summed E-state index contributed by atoms with van der Waals surface area (Å²) in [6.45, 7) is 2.46. The number of halogens is 1. The normalized spacial score (nSPS) is 14.5. The van der Waals surface area contributed by atoms with Gasteiger partial charge in [0.1, 0.15) is 18.2 Å². The Kier molecular flexibility index (Phi) is 4.94. The second-order valence-electron chi connectivity index (χ2n) is 7.55. The first-order chi connectivity index (χ1) is 15.3. The molecule has 0 saturated carbocycles. The fourth-order valence-corrected chi connectivity index (χ4v) is 5.67. The minimum atomic E-state index is -3.81. The number of hydrogen-bond donors (Lipinski definition) is 1. The molecule has 3 heterocycles. The van der Waals surface area contributed by atoms with Crippen molar-refractivity contribution in [3.05, 3.63) is 71.9 Å². The third kappa shape index (κ3) is 3.53. The lowest BCUT2D eigenvalue weighted by Crippen LogP contribution is -2.32. The van der Waals surface area contributed by atoms with Crippen molar-refractivity contribution in [1.29, 1.82) is 0 Å². The van der Waals surface area contributed by atoms with E-state index in [0.717, 1.165) is 22.7 Å². The van der Waals surface area contributed by atoms with Crippen LogP contribution in [0.3, 0.4) is 0 Å². The maximum Gasteiger partial charge on any atom is 0.263 e. The number of aromatic nitrogens is 3. The van der Waals surface area contributed by atoms with E-state index in [-0.39, 0.29) is 23.2 Å². The Bertz CT molecular complexity index is 1440. The molecule has 0 spiro atoms. The number of fused-ring (bicyclic) bond motifs is 2. The highest BCUT2D eigenvalue weighted by molar-refractivity contribution is 7.93. The first kappa shape index (κ1) is 20.6. The second kappa shape index (κ2) is 7.68. The minimum Gasteiger partial charge on any atom is -0.335 e. The number of benzene rings is 2. The molecule has 11 heteroatoms. The van der Waals surface area contributed by atoms with E-state index in [1.807, 2.05) is 0 Å². The summed E-state index contributed by atoms with van der Waals surface area (Å²) in [5, 5.41) is 0.654. The average Bonchev–Trinajstić information content (AvgIpc) is 3.51. The Morgan fingerprint density at radius 3 is 2.81 bits per heavy atom. The SMILES string of the molecule is C[C@H](C(=O)N1Cc2ccc(S(=O)(=O)Nc3ncns3)cc2C1)n1ccc2c(F)cccc21.[HH]. The van der Waals surface area contributed by atoms with Crippen LogP contribution in [0.4, 0.5) is 9.52 Å². The standard InChI is InChI=1S/C21H18FN5O3S2.H2/c1-13(27-8-7-17-18(22)3-2-4-19(17)27)20(28)26-10-14-5-6-16(9-15(14)11-26)32(29,30)25-21-23-12-24-31-21;/h2-9,12-13H,10-11H2,1H3,(H,23,24,25);1H/t13-;/m1./s1. The van der Waals surface area contributed by atoms with Crippen LogP contribution in [0.2, 0.25) is 0 Å². The third-order valence-electron chi connectivity index (χ3n) is 5.59. The van der Waals surface area contributed by atoms with Crippen molar-refractivity contribution in [2.24, 2.45) is 0 Å². The molecular formula is C21H20FN5O3S2. The van der Waals surface area contributed by atoms with Gasteiger partial charge in [-0.3, -0.25) is 9.52 Å². The van der Waals surface area contributed by atoms with Gasteiger partial charge in [-0.05, 0) is 48.4 Å². The molecule has 0 aliphatic carbocycles. The van der Waals surface area contributed by atoms with E-state index >= 15 is 0 Å². The number of sulfonamides is 1. The van der Waals surface area contributed by atoms with Gasteiger partial charge in [-0.2, -0.15) is 4.37 Å². The molecule has 1 aliphatic rings. The summed E-state index contributed by atoms with van der Waals surface area (Å²) in [6, 6.07) is 10.7. The Balaban J connectivity index is 0.00000259. The van der Waals surface area contributed by atoms with Crippen LogP contribution in [0.15, 0.2) is 59.9 Å². The van der Waals surface area contributed by atoms with Gasteiger partial charge in [0.2, 0.25) is 11.0 Å². The first-order valence-corrected chi connectivity index (χ1v) is 12.0. The van der Waals surface area contributed by atoms with E-state index in [1.54, 1.807) is 52.9 Å². The molecule has 1 N–H and O–H groups in total. The van der Waals surface area contributed by atoms with Crippen molar-refractivity contribution in [2.75, 3.05) is 4.72 Å². The number of carbonyl (C=O) groups excluding carboxylic acids is 1. The zero-order valence-corrected chi connectivity index (χ0v) is 18.5. The van der Waals surface area contributed by atoms with Crippen molar-refractivity contribution in [3.63, 3.8) is 0 Å². The molecule has 0 fully saturated rings. The van der Waals surface area contributed by atoms with Crippen molar-refractivity contribution in [3.8, 4) is 0 Å². The van der Waals surface area contributed by atoms with Crippen molar-refractivity contribution < 1.29 is 19.0 Å². The molecule has 8 nitrogen and oxygen atoms in total. The largest absolute Gasteiger partial charge is 0.335 e. The smallest absolute Gasteiger partial charge is 0.263 e. The maximum absolute atomic E-state index is 14.0. The summed E-state index contributed by atoms with van der Waals surface area (Å²) < 4.78 is 47.3. The summed E-state index contributed by atoms with van der Waals surface area (Å²) >= 11 is 0.948. The van der Waals surface area contributed by atoms with Crippen molar-refractivity contribution in [1.82, 2.24) is 18.8 Å². The molecule has 5 rings (SSSR count). The monoisotopic (exact) mass is 473 g/mol. The fourth-order valence-electron chi connectivity index (χ4n) is 3.96. The number of hydrogen-bond acceptors (Lipinski definition) is 6. The summed E-state index contributed by atoms with van der Waals surface area (Å²) in [6.07, 6.45) is 2.99. The molecule has 1 aliphatic heterocycles. The lowest BCUT2D eigenvalue weighted by molar-refractivity contribution is -0.134. The van der Waals surface area contributed by atoms with Gasteiger partial charge in [-0.15, -0.1) is 0 Å². The number of amides is 1. The Morgan fingerprint density at radius 1 is 1.22 bits per heavy atom. The van der Waals surface area contributed by atoms with Crippen molar-refractivity contribution >= 4 is 43.5 Å². The van der Waals surface area contributed by atoms with Gasteiger partial charge in [0.05, 0.1) is 10.4 Å². The van der Waals surface area contributed by atoms with Gasteiger partial charge in [0.25, 0.3) is 10.0 Å². The van der Waals surface area contributed by atoms with E-state index in [2.05, 4.69) is 14.1 Å². The molecule has 32 heavy (non-hydrogen) atoms. The van der Waals surface area contributed by atoms with E-state index in [1.165, 1.54) is 18.5 Å². The van der Waals surface area contributed by atoms with Gasteiger partial charge < -0.3 is 9.47 Å². The molecule has 4 aromatic rings. The first-order valence-electron chi connectivity index (χ1n) is 9.78. The molecule has 1 atom stereocenters. The van der Waals surface area contributed by atoms with Crippen LogP contribution in [0.25, 0.3) is 10.9 Å². The van der Waals surface area contributed by atoms with E-state index in [9.17, 15) is 17.6 Å². The molecular weight excluding hydrogens is 453 g/mol. The highest BCUT2D eigenvalue weighted by Crippen LogP contribution is 2.30. The number of nitrogens with one attached hydrogen (secondary N) is 1. The van der Waals surface area contributed by atoms with Gasteiger partial charge in [0.15, 0.2) is 0 Å². The van der Waals surface area contributed by atoms with Crippen LogP contribution < -0.4 is 4.72 Å². The van der Waals surface area contributed by atoms with Crippen LogP contribution in [0.1, 0.15) is 25.5 Å². The van der Waals surface area contributed by atoms with Crippen molar-refractivity contribution in [2.45, 2.75) is 31.0 Å². The molecule has 0 saturated heterocycles. The average molecular weight is 474 g/mol. The number of carbonyl (C=O) groups is 1. The Hall–Kier alpha value is -3.31. The highest BCUT2D eigenvalue weighted by atomic mass is 32.2. The number of anilines is 1. The Morgan fingerprint density at radius 2 is 2.03 bits per heavy atom. The van der Waals surface area contributed by atoms with Crippen LogP contribution in [0, 0.1) is 5.82 Å². The van der Waals surface area contributed by atoms with E-state index in [4.69, 9.17) is 0 Å². The van der Waals surface area contributed by atoms with E-state index < -0.39 is 16.1 Å². The second-order valence-corrected chi connectivity index (χ2v) is 10.0. The summed E-state index contributed by atoms with van der Waals surface area (Å²) in [5.74, 6) is -0.454. The van der Waals surface area contributed by atoms with Gasteiger partial charge in [-0.25, -0.2) is 17.8 Å². The third-order valence-corrected chi connectivity index (χ3v) is 7.64. The molecule has 2 aromatic heterocycles. The minimum absolute atomic E-state index is 0. The highest BCUT2D eigenvalue weighted by Gasteiger charge is 2.29. The topological polar surface area (TPSA) is 97.2 Å².